The van der Waals surface area contributed by atoms with Crippen molar-refractivity contribution in [2.45, 2.75) is 13.8 Å². The standard InChI is InChI=1S/C15H20N4O3/c1-4-19(5-2)7-6-16-15-12-13(17-9-18-15)10(20)8-11(22-3)14(12)21/h8-9H,4-7H2,1-3H3,(H,16,17,18). The molecule has 0 amide bonds. The van der Waals surface area contributed by atoms with Gasteiger partial charge in [-0.25, -0.2) is 9.97 Å². The lowest BCUT2D eigenvalue weighted by Gasteiger charge is -2.20. The minimum absolute atomic E-state index is 0.0130. The first kappa shape index (κ1) is 16.1. The molecule has 22 heavy (non-hydrogen) atoms. The van der Waals surface area contributed by atoms with Crippen LogP contribution in [0.15, 0.2) is 18.2 Å². The summed E-state index contributed by atoms with van der Waals surface area (Å²) in [6, 6.07) is 0. The van der Waals surface area contributed by atoms with Gasteiger partial charge in [0.1, 0.15) is 17.8 Å². The number of aromatic nitrogens is 2. The van der Waals surface area contributed by atoms with Crippen molar-refractivity contribution in [3.8, 4) is 0 Å². The number of fused-ring (bicyclic) bond motifs is 1. The zero-order valence-electron chi connectivity index (χ0n) is 13.0. The van der Waals surface area contributed by atoms with Crippen LogP contribution < -0.4 is 5.32 Å². The summed E-state index contributed by atoms with van der Waals surface area (Å²) in [4.78, 5) is 34.6. The van der Waals surface area contributed by atoms with E-state index in [1.165, 1.54) is 13.4 Å². The molecule has 1 aromatic rings. The number of ketones is 2. The fourth-order valence-electron chi connectivity index (χ4n) is 2.32. The minimum atomic E-state index is -0.372. The van der Waals surface area contributed by atoms with E-state index in [1.807, 2.05) is 0 Å². The van der Waals surface area contributed by atoms with Gasteiger partial charge < -0.3 is 15.0 Å². The normalized spacial score (nSPS) is 13.9. The summed E-state index contributed by atoms with van der Waals surface area (Å²) in [6.45, 7) is 7.53. The highest BCUT2D eigenvalue weighted by Crippen LogP contribution is 2.24. The summed E-state index contributed by atoms with van der Waals surface area (Å²) in [5.41, 5.74) is 0.303. The van der Waals surface area contributed by atoms with Gasteiger partial charge in [0.15, 0.2) is 5.76 Å². The van der Waals surface area contributed by atoms with Gasteiger partial charge in [0.05, 0.1) is 12.7 Å². The van der Waals surface area contributed by atoms with Crippen molar-refractivity contribution in [3.63, 3.8) is 0 Å². The van der Waals surface area contributed by atoms with Crippen molar-refractivity contribution in [3.05, 3.63) is 29.4 Å². The van der Waals surface area contributed by atoms with Crippen LogP contribution in [-0.2, 0) is 4.74 Å². The predicted molar refractivity (Wildman–Crippen MR) is 82.1 cm³/mol. The Hall–Kier alpha value is -2.28. The number of methoxy groups -OCH3 is 1. The number of likely N-dealkylation sites (N-methyl/N-ethyl adjacent to an activating group) is 1. The van der Waals surface area contributed by atoms with E-state index < -0.39 is 0 Å². The molecule has 0 atom stereocenters. The molecule has 1 aliphatic carbocycles. The monoisotopic (exact) mass is 304 g/mol. The molecule has 0 saturated carbocycles. The van der Waals surface area contributed by atoms with Gasteiger partial charge in [0, 0.05) is 19.2 Å². The number of carbonyl (C=O) groups is 2. The van der Waals surface area contributed by atoms with Gasteiger partial charge in [-0.3, -0.25) is 9.59 Å². The maximum absolute atomic E-state index is 12.3. The van der Waals surface area contributed by atoms with Crippen molar-refractivity contribution < 1.29 is 14.3 Å². The number of carbonyl (C=O) groups excluding carboxylic acids is 2. The average molecular weight is 304 g/mol. The SMILES string of the molecule is CCN(CC)CCNc1ncnc2c1C(=O)C(OC)=CC2=O. The van der Waals surface area contributed by atoms with Crippen molar-refractivity contribution in [2.24, 2.45) is 0 Å². The Bertz CT molecular complexity index is 609. The fourth-order valence-corrected chi connectivity index (χ4v) is 2.32. The molecule has 7 heteroatoms. The van der Waals surface area contributed by atoms with Gasteiger partial charge in [-0.1, -0.05) is 13.8 Å². The van der Waals surface area contributed by atoms with E-state index in [0.717, 1.165) is 25.7 Å². The van der Waals surface area contributed by atoms with Gasteiger partial charge >= 0.3 is 0 Å². The van der Waals surface area contributed by atoms with Crippen LogP contribution in [0.5, 0.6) is 0 Å². The third-order valence-corrected chi connectivity index (χ3v) is 3.63. The average Bonchev–Trinajstić information content (AvgIpc) is 2.54. The largest absolute Gasteiger partial charge is 0.492 e. The van der Waals surface area contributed by atoms with Gasteiger partial charge in [0.25, 0.3) is 0 Å². The smallest absolute Gasteiger partial charge is 0.233 e. The van der Waals surface area contributed by atoms with Crippen LogP contribution >= 0.6 is 0 Å². The molecule has 7 nitrogen and oxygen atoms in total. The Balaban J connectivity index is 2.21. The van der Waals surface area contributed by atoms with E-state index in [9.17, 15) is 9.59 Å². The Morgan fingerprint density at radius 1 is 1.23 bits per heavy atom. The number of hydrogen-bond donors (Lipinski definition) is 1. The molecule has 2 rings (SSSR count). The molecule has 0 aliphatic heterocycles. The molecule has 1 aliphatic rings. The highest BCUT2D eigenvalue weighted by Gasteiger charge is 2.31. The van der Waals surface area contributed by atoms with E-state index in [-0.39, 0.29) is 28.6 Å². The number of anilines is 1. The van der Waals surface area contributed by atoms with Crippen LogP contribution in [0.25, 0.3) is 0 Å². The lowest BCUT2D eigenvalue weighted by molar-refractivity contribution is 0.0914. The Labute approximate surface area is 129 Å². The van der Waals surface area contributed by atoms with Crippen LogP contribution in [0.2, 0.25) is 0 Å². The van der Waals surface area contributed by atoms with Crippen molar-refractivity contribution in [2.75, 3.05) is 38.6 Å². The number of allylic oxidation sites excluding steroid dienone is 2. The number of nitrogens with one attached hydrogen (secondary N) is 1. The fraction of sp³-hybridized carbons (Fsp3) is 0.467. The lowest BCUT2D eigenvalue weighted by atomic mass is 9.98. The number of rotatable bonds is 7. The van der Waals surface area contributed by atoms with E-state index >= 15 is 0 Å². The second-order valence-corrected chi connectivity index (χ2v) is 4.81. The molecule has 0 fully saturated rings. The Morgan fingerprint density at radius 3 is 2.59 bits per heavy atom. The molecule has 0 bridgehead atoms. The van der Waals surface area contributed by atoms with E-state index in [0.29, 0.717) is 12.4 Å². The van der Waals surface area contributed by atoms with Crippen LogP contribution in [0.3, 0.4) is 0 Å². The highest BCUT2D eigenvalue weighted by atomic mass is 16.5. The quantitative estimate of drug-likeness (QED) is 0.808. The Morgan fingerprint density at radius 2 is 1.95 bits per heavy atom. The summed E-state index contributed by atoms with van der Waals surface area (Å²) in [7, 11) is 1.36. The maximum Gasteiger partial charge on any atom is 0.233 e. The summed E-state index contributed by atoms with van der Waals surface area (Å²) >= 11 is 0. The molecule has 1 N–H and O–H groups in total. The van der Waals surface area contributed by atoms with Crippen molar-refractivity contribution in [1.82, 2.24) is 14.9 Å². The van der Waals surface area contributed by atoms with Crippen LogP contribution in [-0.4, -0.2) is 59.7 Å². The molecule has 0 aromatic carbocycles. The molecule has 0 radical (unpaired) electrons. The molecule has 0 spiro atoms. The van der Waals surface area contributed by atoms with Crippen LogP contribution in [0, 0.1) is 0 Å². The molecule has 0 unspecified atom stereocenters. The molecule has 1 heterocycles. The first-order valence-electron chi connectivity index (χ1n) is 7.28. The van der Waals surface area contributed by atoms with Gasteiger partial charge in [-0.15, -0.1) is 0 Å². The summed E-state index contributed by atoms with van der Waals surface area (Å²) in [5.74, 6) is -0.332. The summed E-state index contributed by atoms with van der Waals surface area (Å²) in [5, 5.41) is 3.12. The number of nitrogens with zero attached hydrogens (tertiary/aromatic N) is 3. The Kier molecular flexibility index (Phi) is 5.21. The first-order valence-corrected chi connectivity index (χ1v) is 7.28. The summed E-state index contributed by atoms with van der Waals surface area (Å²) in [6.07, 6.45) is 2.45. The molecule has 0 saturated heterocycles. The molecule has 118 valence electrons. The lowest BCUT2D eigenvalue weighted by Crippen LogP contribution is -2.30. The predicted octanol–water partition coefficient (Wildman–Crippen LogP) is 1.14. The zero-order chi connectivity index (χ0) is 16.1. The minimum Gasteiger partial charge on any atom is -0.492 e. The number of Topliss-reactive ketones (excluding diaryl/α,β-unsaturated/α-hetero) is 1. The van der Waals surface area contributed by atoms with Gasteiger partial charge in [-0.2, -0.15) is 0 Å². The third-order valence-electron chi connectivity index (χ3n) is 3.63. The van der Waals surface area contributed by atoms with E-state index in [2.05, 4.69) is 34.0 Å². The molecule has 1 aromatic heterocycles. The zero-order valence-corrected chi connectivity index (χ0v) is 13.0. The highest BCUT2D eigenvalue weighted by molar-refractivity contribution is 6.24. The molecular formula is C15H20N4O3. The van der Waals surface area contributed by atoms with Crippen molar-refractivity contribution in [1.29, 1.82) is 0 Å². The first-order chi connectivity index (χ1) is 10.6. The van der Waals surface area contributed by atoms with E-state index in [1.54, 1.807) is 0 Å². The maximum atomic E-state index is 12.3. The van der Waals surface area contributed by atoms with Gasteiger partial charge in [0.2, 0.25) is 11.6 Å². The third kappa shape index (κ3) is 3.14. The second kappa shape index (κ2) is 7.13. The molecular weight excluding hydrogens is 284 g/mol. The van der Waals surface area contributed by atoms with Gasteiger partial charge in [-0.05, 0) is 13.1 Å². The number of hydrogen-bond acceptors (Lipinski definition) is 7. The van der Waals surface area contributed by atoms with Crippen molar-refractivity contribution >= 4 is 17.4 Å². The van der Waals surface area contributed by atoms with E-state index in [4.69, 9.17) is 4.74 Å². The second-order valence-electron chi connectivity index (χ2n) is 4.81. The number of ether oxygens (including phenoxy) is 1. The van der Waals surface area contributed by atoms with Crippen LogP contribution in [0.4, 0.5) is 5.82 Å². The summed E-state index contributed by atoms with van der Waals surface area (Å²) < 4.78 is 4.96. The van der Waals surface area contributed by atoms with Crippen LogP contribution in [0.1, 0.15) is 34.7 Å². The topological polar surface area (TPSA) is 84.4 Å².